The number of anilines is 1. The Kier molecular flexibility index (Phi) is 7.34. The second-order valence-electron chi connectivity index (χ2n) is 4.71. The first-order chi connectivity index (χ1) is 9.54. The van der Waals surface area contributed by atoms with E-state index in [9.17, 15) is 0 Å². The SMILES string of the molecule is CCNc1ccccc1Br.Cc1cccc(C(C)N)c1. The van der Waals surface area contributed by atoms with Crippen LogP contribution in [-0.4, -0.2) is 6.54 Å². The number of hydrogen-bond acceptors (Lipinski definition) is 2. The summed E-state index contributed by atoms with van der Waals surface area (Å²) in [5, 5.41) is 3.23. The third-order valence-electron chi connectivity index (χ3n) is 2.81. The molecule has 1 unspecified atom stereocenters. The predicted molar refractivity (Wildman–Crippen MR) is 92.1 cm³/mol. The van der Waals surface area contributed by atoms with Gasteiger partial charge in [0.25, 0.3) is 0 Å². The van der Waals surface area contributed by atoms with Crippen molar-refractivity contribution in [2.45, 2.75) is 26.8 Å². The van der Waals surface area contributed by atoms with Crippen LogP contribution < -0.4 is 11.1 Å². The van der Waals surface area contributed by atoms with Crippen LogP contribution in [0, 0.1) is 6.92 Å². The Labute approximate surface area is 130 Å². The van der Waals surface area contributed by atoms with E-state index in [1.54, 1.807) is 0 Å². The molecule has 0 heterocycles. The van der Waals surface area contributed by atoms with Gasteiger partial charge in [-0.25, -0.2) is 0 Å². The third kappa shape index (κ3) is 5.76. The van der Waals surface area contributed by atoms with Gasteiger partial charge in [0.05, 0.1) is 0 Å². The standard InChI is InChI=1S/C9H13N.C8H10BrN/c1-7-4-3-5-9(6-7)8(2)10;1-2-10-8-6-4-3-5-7(8)9/h3-6,8H,10H2,1-2H3;3-6,10H,2H2,1H3. The van der Waals surface area contributed by atoms with Gasteiger partial charge in [-0.05, 0) is 54.4 Å². The van der Waals surface area contributed by atoms with Crippen LogP contribution >= 0.6 is 15.9 Å². The van der Waals surface area contributed by atoms with Crippen molar-refractivity contribution in [2.24, 2.45) is 5.73 Å². The minimum Gasteiger partial charge on any atom is -0.384 e. The molecule has 2 aromatic carbocycles. The van der Waals surface area contributed by atoms with Crippen molar-refractivity contribution in [1.82, 2.24) is 0 Å². The maximum absolute atomic E-state index is 5.68. The number of benzene rings is 2. The average Bonchev–Trinajstić information content (AvgIpc) is 2.42. The van der Waals surface area contributed by atoms with Gasteiger partial charge >= 0.3 is 0 Å². The highest BCUT2D eigenvalue weighted by atomic mass is 79.9. The van der Waals surface area contributed by atoms with Gasteiger partial charge in [-0.3, -0.25) is 0 Å². The maximum Gasteiger partial charge on any atom is 0.0484 e. The van der Waals surface area contributed by atoms with Crippen LogP contribution in [0.25, 0.3) is 0 Å². The molecule has 0 saturated carbocycles. The number of aryl methyl sites for hydroxylation is 1. The lowest BCUT2D eigenvalue weighted by Gasteiger charge is -2.04. The molecule has 1 atom stereocenters. The lowest BCUT2D eigenvalue weighted by Crippen LogP contribution is -2.04. The number of halogens is 1. The van der Waals surface area contributed by atoms with Gasteiger partial charge in [0, 0.05) is 22.7 Å². The minimum absolute atomic E-state index is 0.153. The molecule has 2 rings (SSSR count). The van der Waals surface area contributed by atoms with Gasteiger partial charge in [0.1, 0.15) is 0 Å². The van der Waals surface area contributed by atoms with Crippen LogP contribution in [-0.2, 0) is 0 Å². The third-order valence-corrected chi connectivity index (χ3v) is 3.50. The Morgan fingerprint density at radius 1 is 1.15 bits per heavy atom. The first-order valence-corrected chi connectivity index (χ1v) is 7.64. The zero-order chi connectivity index (χ0) is 15.0. The lowest BCUT2D eigenvalue weighted by molar-refractivity contribution is 0.817. The molecule has 0 radical (unpaired) electrons. The fraction of sp³-hybridized carbons (Fsp3) is 0.294. The topological polar surface area (TPSA) is 38.0 Å². The highest BCUT2D eigenvalue weighted by molar-refractivity contribution is 9.10. The van der Waals surface area contributed by atoms with Crippen LogP contribution in [0.3, 0.4) is 0 Å². The van der Waals surface area contributed by atoms with Gasteiger partial charge in [0.2, 0.25) is 0 Å². The van der Waals surface area contributed by atoms with Crippen LogP contribution in [0.4, 0.5) is 5.69 Å². The second kappa shape index (κ2) is 8.77. The van der Waals surface area contributed by atoms with Gasteiger partial charge in [0.15, 0.2) is 0 Å². The summed E-state index contributed by atoms with van der Waals surface area (Å²) < 4.78 is 1.12. The Bertz CT molecular complexity index is 524. The quantitative estimate of drug-likeness (QED) is 0.838. The lowest BCUT2D eigenvalue weighted by atomic mass is 10.1. The van der Waals surface area contributed by atoms with Crippen LogP contribution in [0.5, 0.6) is 0 Å². The normalized spacial score (nSPS) is 11.2. The Morgan fingerprint density at radius 2 is 1.85 bits per heavy atom. The first kappa shape index (κ1) is 16.7. The first-order valence-electron chi connectivity index (χ1n) is 6.85. The Balaban J connectivity index is 0.000000200. The van der Waals surface area contributed by atoms with E-state index in [2.05, 4.69) is 53.3 Å². The maximum atomic E-state index is 5.68. The van der Waals surface area contributed by atoms with E-state index >= 15 is 0 Å². The van der Waals surface area contributed by atoms with Crippen molar-refractivity contribution in [1.29, 1.82) is 0 Å². The van der Waals surface area contributed by atoms with Crippen molar-refractivity contribution >= 4 is 21.6 Å². The number of nitrogens with two attached hydrogens (primary N) is 1. The van der Waals surface area contributed by atoms with Crippen LogP contribution in [0.15, 0.2) is 53.0 Å². The summed E-state index contributed by atoms with van der Waals surface area (Å²) in [6.45, 7) is 7.11. The van der Waals surface area contributed by atoms with E-state index in [0.29, 0.717) is 0 Å². The van der Waals surface area contributed by atoms with Gasteiger partial charge in [-0.15, -0.1) is 0 Å². The molecular weight excluding hydrogens is 312 g/mol. The molecule has 0 aliphatic heterocycles. The molecule has 0 aliphatic carbocycles. The predicted octanol–water partition coefficient (Wildman–Crippen LogP) is 4.90. The molecule has 0 aromatic heterocycles. The average molecular weight is 335 g/mol. The fourth-order valence-electron chi connectivity index (χ4n) is 1.75. The van der Waals surface area contributed by atoms with Gasteiger partial charge in [-0.2, -0.15) is 0 Å². The number of hydrogen-bond donors (Lipinski definition) is 2. The van der Waals surface area contributed by atoms with Crippen LogP contribution in [0.2, 0.25) is 0 Å². The van der Waals surface area contributed by atoms with E-state index in [4.69, 9.17) is 5.73 Å². The molecule has 2 aromatic rings. The summed E-state index contributed by atoms with van der Waals surface area (Å²) in [4.78, 5) is 0. The molecule has 3 N–H and O–H groups in total. The van der Waals surface area contributed by atoms with Crippen LogP contribution in [0.1, 0.15) is 31.0 Å². The summed E-state index contributed by atoms with van der Waals surface area (Å²) in [7, 11) is 0. The number of para-hydroxylation sites is 1. The Morgan fingerprint density at radius 3 is 2.35 bits per heavy atom. The molecule has 2 nitrogen and oxygen atoms in total. The molecule has 0 amide bonds. The molecule has 0 saturated heterocycles. The van der Waals surface area contributed by atoms with Crippen molar-refractivity contribution in [3.05, 3.63) is 64.1 Å². The summed E-state index contributed by atoms with van der Waals surface area (Å²) in [6.07, 6.45) is 0. The summed E-state index contributed by atoms with van der Waals surface area (Å²) in [5.41, 5.74) is 9.32. The molecular formula is C17H23BrN2. The monoisotopic (exact) mass is 334 g/mol. The smallest absolute Gasteiger partial charge is 0.0484 e. The molecule has 0 fully saturated rings. The molecule has 0 spiro atoms. The number of rotatable bonds is 3. The minimum atomic E-state index is 0.153. The highest BCUT2D eigenvalue weighted by Gasteiger charge is 1.96. The van der Waals surface area contributed by atoms with E-state index in [-0.39, 0.29) is 6.04 Å². The molecule has 3 heteroatoms. The van der Waals surface area contributed by atoms with Crippen molar-refractivity contribution in [3.8, 4) is 0 Å². The largest absolute Gasteiger partial charge is 0.384 e. The van der Waals surface area contributed by atoms with Crippen molar-refractivity contribution in [2.75, 3.05) is 11.9 Å². The van der Waals surface area contributed by atoms with Crippen molar-refractivity contribution < 1.29 is 0 Å². The molecule has 108 valence electrons. The summed E-state index contributed by atoms with van der Waals surface area (Å²) >= 11 is 3.43. The molecule has 0 bridgehead atoms. The summed E-state index contributed by atoms with van der Waals surface area (Å²) in [6, 6.07) is 16.5. The zero-order valence-electron chi connectivity index (χ0n) is 12.4. The zero-order valence-corrected chi connectivity index (χ0v) is 13.9. The van der Waals surface area contributed by atoms with Crippen molar-refractivity contribution in [3.63, 3.8) is 0 Å². The molecule has 20 heavy (non-hydrogen) atoms. The van der Waals surface area contributed by atoms with E-state index < -0.39 is 0 Å². The number of nitrogens with one attached hydrogen (secondary N) is 1. The second-order valence-corrected chi connectivity index (χ2v) is 5.57. The highest BCUT2D eigenvalue weighted by Crippen LogP contribution is 2.20. The van der Waals surface area contributed by atoms with Gasteiger partial charge in [-0.1, -0.05) is 42.0 Å². The Hall–Kier alpha value is -1.32. The molecule has 0 aliphatic rings. The van der Waals surface area contributed by atoms with E-state index in [1.807, 2.05) is 37.3 Å². The van der Waals surface area contributed by atoms with E-state index in [0.717, 1.165) is 16.7 Å². The van der Waals surface area contributed by atoms with Gasteiger partial charge < -0.3 is 11.1 Å². The van der Waals surface area contributed by atoms with E-state index in [1.165, 1.54) is 11.1 Å². The fourth-order valence-corrected chi connectivity index (χ4v) is 2.17. The summed E-state index contributed by atoms with van der Waals surface area (Å²) in [5.74, 6) is 0.